The zero-order chi connectivity index (χ0) is 13.9. The standard InChI is InChI=1S/C17H22N2/c1-14-7-9-16(10-8-14)19(17(2,3)4)13-15-6-5-11-18-12-15/h5-12H,13H2,1-4H3. The van der Waals surface area contributed by atoms with Gasteiger partial charge in [0.15, 0.2) is 0 Å². The SMILES string of the molecule is Cc1ccc(N(Cc2cccnc2)C(C)(C)C)cc1. The summed E-state index contributed by atoms with van der Waals surface area (Å²) in [5, 5.41) is 0. The van der Waals surface area contributed by atoms with Gasteiger partial charge in [-0.05, 0) is 51.5 Å². The van der Waals surface area contributed by atoms with E-state index in [1.807, 2.05) is 18.5 Å². The zero-order valence-electron chi connectivity index (χ0n) is 12.2. The predicted octanol–water partition coefficient (Wildman–Crippen LogP) is 4.20. The van der Waals surface area contributed by atoms with Crippen LogP contribution in [0.25, 0.3) is 0 Å². The Labute approximate surface area is 116 Å². The highest BCUT2D eigenvalue weighted by atomic mass is 15.2. The third-order valence-electron chi connectivity index (χ3n) is 3.22. The van der Waals surface area contributed by atoms with Crippen LogP contribution in [0.5, 0.6) is 0 Å². The van der Waals surface area contributed by atoms with Crippen LogP contribution in [0.2, 0.25) is 0 Å². The predicted molar refractivity (Wildman–Crippen MR) is 81.4 cm³/mol. The third kappa shape index (κ3) is 3.57. The molecule has 0 atom stereocenters. The van der Waals surface area contributed by atoms with Gasteiger partial charge in [0.25, 0.3) is 0 Å². The van der Waals surface area contributed by atoms with Gasteiger partial charge in [-0.25, -0.2) is 0 Å². The van der Waals surface area contributed by atoms with Gasteiger partial charge in [0.1, 0.15) is 0 Å². The second kappa shape index (κ2) is 5.43. The topological polar surface area (TPSA) is 16.1 Å². The van der Waals surface area contributed by atoms with E-state index in [1.54, 1.807) is 0 Å². The van der Waals surface area contributed by atoms with Gasteiger partial charge in [-0.15, -0.1) is 0 Å². The van der Waals surface area contributed by atoms with E-state index < -0.39 is 0 Å². The Morgan fingerprint density at radius 1 is 1.05 bits per heavy atom. The molecule has 0 unspecified atom stereocenters. The van der Waals surface area contributed by atoms with Crippen molar-refractivity contribution in [1.82, 2.24) is 4.98 Å². The van der Waals surface area contributed by atoms with Gasteiger partial charge in [-0.1, -0.05) is 23.8 Å². The van der Waals surface area contributed by atoms with Crippen molar-refractivity contribution in [1.29, 1.82) is 0 Å². The summed E-state index contributed by atoms with van der Waals surface area (Å²) in [5.74, 6) is 0. The van der Waals surface area contributed by atoms with Gasteiger partial charge in [0.05, 0.1) is 0 Å². The largest absolute Gasteiger partial charge is 0.362 e. The highest BCUT2D eigenvalue weighted by Crippen LogP contribution is 2.26. The first-order valence-electron chi connectivity index (χ1n) is 6.70. The summed E-state index contributed by atoms with van der Waals surface area (Å²) in [5.41, 5.74) is 3.85. The molecule has 0 aliphatic heterocycles. The summed E-state index contributed by atoms with van der Waals surface area (Å²) in [7, 11) is 0. The second-order valence-electron chi connectivity index (χ2n) is 5.95. The number of nitrogens with zero attached hydrogens (tertiary/aromatic N) is 2. The Kier molecular flexibility index (Phi) is 3.89. The molecule has 0 fully saturated rings. The van der Waals surface area contributed by atoms with Crippen LogP contribution in [0.4, 0.5) is 5.69 Å². The van der Waals surface area contributed by atoms with Gasteiger partial charge in [-0.2, -0.15) is 0 Å². The van der Waals surface area contributed by atoms with Crippen molar-refractivity contribution in [3.05, 3.63) is 59.9 Å². The summed E-state index contributed by atoms with van der Waals surface area (Å²) in [6, 6.07) is 12.8. The first-order valence-corrected chi connectivity index (χ1v) is 6.70. The van der Waals surface area contributed by atoms with Crippen molar-refractivity contribution >= 4 is 5.69 Å². The molecule has 0 amide bonds. The molecule has 1 aromatic heterocycles. The number of aryl methyl sites for hydroxylation is 1. The lowest BCUT2D eigenvalue weighted by atomic mass is 10.0. The van der Waals surface area contributed by atoms with Crippen LogP contribution in [0.3, 0.4) is 0 Å². The first-order chi connectivity index (χ1) is 8.97. The van der Waals surface area contributed by atoms with Gasteiger partial charge < -0.3 is 4.90 Å². The molecule has 0 bridgehead atoms. The van der Waals surface area contributed by atoms with Crippen LogP contribution in [0.15, 0.2) is 48.8 Å². The van der Waals surface area contributed by atoms with Crippen molar-refractivity contribution < 1.29 is 0 Å². The molecule has 0 radical (unpaired) electrons. The van der Waals surface area contributed by atoms with E-state index in [-0.39, 0.29) is 5.54 Å². The maximum Gasteiger partial charge on any atom is 0.0450 e. The van der Waals surface area contributed by atoms with E-state index >= 15 is 0 Å². The average molecular weight is 254 g/mol. The number of hydrogen-bond donors (Lipinski definition) is 0. The van der Waals surface area contributed by atoms with Crippen molar-refractivity contribution in [2.24, 2.45) is 0 Å². The number of hydrogen-bond acceptors (Lipinski definition) is 2. The molecule has 19 heavy (non-hydrogen) atoms. The highest BCUT2D eigenvalue weighted by Gasteiger charge is 2.21. The van der Waals surface area contributed by atoms with Gasteiger partial charge in [-0.3, -0.25) is 4.98 Å². The molecule has 0 spiro atoms. The van der Waals surface area contributed by atoms with Crippen LogP contribution in [-0.4, -0.2) is 10.5 Å². The van der Waals surface area contributed by atoms with Crippen LogP contribution >= 0.6 is 0 Å². The summed E-state index contributed by atoms with van der Waals surface area (Å²) < 4.78 is 0. The smallest absolute Gasteiger partial charge is 0.0450 e. The minimum absolute atomic E-state index is 0.0745. The Hall–Kier alpha value is -1.83. The zero-order valence-corrected chi connectivity index (χ0v) is 12.2. The molecule has 2 aromatic rings. The molecule has 0 N–H and O–H groups in total. The monoisotopic (exact) mass is 254 g/mol. The molecule has 1 aromatic carbocycles. The first kappa shape index (κ1) is 13.6. The summed E-state index contributed by atoms with van der Waals surface area (Å²) in [4.78, 5) is 6.61. The van der Waals surface area contributed by atoms with E-state index in [1.165, 1.54) is 16.8 Å². The van der Waals surface area contributed by atoms with Crippen LogP contribution in [-0.2, 0) is 6.54 Å². The van der Waals surface area contributed by atoms with E-state index in [0.717, 1.165) is 6.54 Å². The number of pyridine rings is 1. The fraction of sp³-hybridized carbons (Fsp3) is 0.353. The summed E-state index contributed by atoms with van der Waals surface area (Å²) in [6.07, 6.45) is 3.75. The lowest BCUT2D eigenvalue weighted by molar-refractivity contribution is 0.500. The highest BCUT2D eigenvalue weighted by molar-refractivity contribution is 5.50. The van der Waals surface area contributed by atoms with Crippen LogP contribution in [0.1, 0.15) is 31.9 Å². The minimum Gasteiger partial charge on any atom is -0.362 e. The maximum absolute atomic E-state index is 4.20. The third-order valence-corrected chi connectivity index (χ3v) is 3.22. The minimum atomic E-state index is 0.0745. The van der Waals surface area contributed by atoms with Crippen molar-refractivity contribution in [2.45, 2.75) is 39.8 Å². The number of aromatic nitrogens is 1. The Morgan fingerprint density at radius 3 is 2.26 bits per heavy atom. The fourth-order valence-corrected chi connectivity index (χ4v) is 2.11. The lowest BCUT2D eigenvalue weighted by Crippen LogP contribution is -2.41. The summed E-state index contributed by atoms with van der Waals surface area (Å²) in [6.45, 7) is 9.71. The molecule has 1 heterocycles. The molecule has 0 saturated heterocycles. The quantitative estimate of drug-likeness (QED) is 0.816. The second-order valence-corrected chi connectivity index (χ2v) is 5.95. The molecule has 100 valence electrons. The van der Waals surface area contributed by atoms with E-state index in [9.17, 15) is 0 Å². The van der Waals surface area contributed by atoms with Crippen molar-refractivity contribution in [2.75, 3.05) is 4.90 Å². The molecule has 2 rings (SSSR count). The summed E-state index contributed by atoms with van der Waals surface area (Å²) >= 11 is 0. The Balaban J connectivity index is 2.29. The van der Waals surface area contributed by atoms with Crippen molar-refractivity contribution in [3.63, 3.8) is 0 Å². The Bertz CT molecular complexity index is 509. The molecule has 2 nitrogen and oxygen atoms in total. The number of rotatable bonds is 3. The normalized spacial score (nSPS) is 11.4. The average Bonchev–Trinajstić information content (AvgIpc) is 2.37. The van der Waals surface area contributed by atoms with E-state index in [4.69, 9.17) is 0 Å². The van der Waals surface area contributed by atoms with Crippen molar-refractivity contribution in [3.8, 4) is 0 Å². The molecular weight excluding hydrogens is 232 g/mol. The molecule has 0 aliphatic carbocycles. The van der Waals surface area contributed by atoms with E-state index in [2.05, 4.69) is 67.9 Å². The lowest BCUT2D eigenvalue weighted by Gasteiger charge is -2.38. The molecule has 0 saturated carbocycles. The molecule has 0 aliphatic rings. The van der Waals surface area contributed by atoms with Crippen LogP contribution in [0, 0.1) is 6.92 Å². The van der Waals surface area contributed by atoms with Gasteiger partial charge in [0.2, 0.25) is 0 Å². The Morgan fingerprint density at radius 2 is 1.74 bits per heavy atom. The van der Waals surface area contributed by atoms with Gasteiger partial charge in [0, 0.05) is 30.2 Å². The molecular formula is C17H22N2. The van der Waals surface area contributed by atoms with E-state index in [0.29, 0.717) is 0 Å². The van der Waals surface area contributed by atoms with Crippen LogP contribution < -0.4 is 4.90 Å². The maximum atomic E-state index is 4.20. The number of benzene rings is 1. The fourth-order valence-electron chi connectivity index (χ4n) is 2.11. The molecule has 2 heteroatoms. The number of anilines is 1. The van der Waals surface area contributed by atoms with Gasteiger partial charge >= 0.3 is 0 Å².